The lowest BCUT2D eigenvalue weighted by molar-refractivity contribution is -0.134. The molecule has 2 heterocycles. The third kappa shape index (κ3) is 3.63. The Balaban J connectivity index is 1.73. The minimum Gasteiger partial charge on any atom is -0.462 e. The highest BCUT2D eigenvalue weighted by Gasteiger charge is 2.51. The molecule has 0 unspecified atom stereocenters. The highest BCUT2D eigenvalue weighted by molar-refractivity contribution is 7.16. The quantitative estimate of drug-likeness (QED) is 0.577. The molecule has 1 spiro atoms. The second-order valence-electron chi connectivity index (χ2n) is 7.22. The first-order chi connectivity index (χ1) is 13.3. The van der Waals surface area contributed by atoms with E-state index in [0.717, 1.165) is 34.6 Å². The highest BCUT2D eigenvalue weighted by Crippen LogP contribution is 2.35. The predicted octanol–water partition coefficient (Wildman–Crippen LogP) is 2.73. The summed E-state index contributed by atoms with van der Waals surface area (Å²) in [7, 11) is 0. The zero-order chi connectivity index (χ0) is 20.5. The smallest absolute Gasteiger partial charge is 0.341 e. The lowest BCUT2D eigenvalue weighted by Gasteiger charge is -2.30. The van der Waals surface area contributed by atoms with Crippen LogP contribution in [0.4, 0.5) is 9.80 Å². The molecule has 152 valence electrons. The van der Waals surface area contributed by atoms with E-state index >= 15 is 0 Å². The van der Waals surface area contributed by atoms with Crippen molar-refractivity contribution < 1.29 is 23.9 Å². The van der Waals surface area contributed by atoms with E-state index in [2.05, 4.69) is 10.6 Å². The molecule has 28 heavy (non-hydrogen) atoms. The lowest BCUT2D eigenvalue weighted by Crippen LogP contribution is -2.48. The third-order valence-corrected chi connectivity index (χ3v) is 6.50. The van der Waals surface area contributed by atoms with Crippen LogP contribution in [0.25, 0.3) is 0 Å². The summed E-state index contributed by atoms with van der Waals surface area (Å²) < 4.78 is 5.07. The van der Waals surface area contributed by atoms with E-state index in [-0.39, 0.29) is 19.1 Å². The normalized spacial score (nSPS) is 18.3. The minimum absolute atomic E-state index is 0.227. The molecule has 1 aromatic rings. The molecular weight excluding hydrogens is 382 g/mol. The van der Waals surface area contributed by atoms with Crippen LogP contribution in [0.5, 0.6) is 0 Å². The first kappa shape index (κ1) is 20.3. The van der Waals surface area contributed by atoms with E-state index in [1.807, 2.05) is 6.92 Å². The maximum absolute atomic E-state index is 12.8. The molecule has 0 radical (unpaired) electrons. The minimum atomic E-state index is -0.859. The van der Waals surface area contributed by atoms with E-state index in [1.54, 1.807) is 13.8 Å². The zero-order valence-corrected chi connectivity index (χ0v) is 17.2. The van der Waals surface area contributed by atoms with Gasteiger partial charge in [0.15, 0.2) is 0 Å². The van der Waals surface area contributed by atoms with Gasteiger partial charge in [-0.25, -0.2) is 9.59 Å². The van der Waals surface area contributed by atoms with E-state index < -0.39 is 23.4 Å². The Kier molecular flexibility index (Phi) is 5.74. The molecule has 4 amide bonds. The fraction of sp³-hybridized carbons (Fsp3) is 0.579. The topological polar surface area (TPSA) is 105 Å². The average Bonchev–Trinajstić information content (AvgIpc) is 3.04. The maximum atomic E-state index is 12.8. The molecule has 9 heteroatoms. The number of rotatable bonds is 5. The summed E-state index contributed by atoms with van der Waals surface area (Å²) in [4.78, 5) is 51.7. The number of aryl methyl sites for hydroxylation is 1. The first-order valence-corrected chi connectivity index (χ1v) is 10.3. The van der Waals surface area contributed by atoms with Gasteiger partial charge in [-0.1, -0.05) is 19.3 Å². The van der Waals surface area contributed by atoms with E-state index in [4.69, 9.17) is 4.74 Å². The van der Waals surface area contributed by atoms with Crippen LogP contribution in [-0.2, 0) is 14.3 Å². The Hall–Kier alpha value is -2.42. The van der Waals surface area contributed by atoms with Gasteiger partial charge in [-0.05, 0) is 39.2 Å². The number of nitrogens with one attached hydrogen (secondary N) is 2. The number of hydrogen-bond donors (Lipinski definition) is 2. The Labute approximate surface area is 167 Å². The van der Waals surface area contributed by atoms with Gasteiger partial charge in [0.05, 0.1) is 12.2 Å². The fourth-order valence-electron chi connectivity index (χ4n) is 3.79. The zero-order valence-electron chi connectivity index (χ0n) is 16.3. The van der Waals surface area contributed by atoms with Crippen LogP contribution in [0.15, 0.2) is 0 Å². The number of carbonyl (C=O) groups excluding carboxylic acids is 4. The second kappa shape index (κ2) is 7.90. The number of hydrogen-bond acceptors (Lipinski definition) is 6. The number of amides is 4. The molecule has 1 saturated heterocycles. The number of thiophene rings is 1. The number of ether oxygens (including phenoxy) is 1. The SMILES string of the molecule is CCOC(=O)c1c(NC(=O)CN2C(=O)NC3(CCCCC3)C2=O)sc(C)c1C. The summed E-state index contributed by atoms with van der Waals surface area (Å²) in [5, 5.41) is 5.83. The lowest BCUT2D eigenvalue weighted by atomic mass is 9.82. The van der Waals surface area contributed by atoms with Gasteiger partial charge in [0.25, 0.3) is 5.91 Å². The molecule has 1 saturated carbocycles. The van der Waals surface area contributed by atoms with Crippen LogP contribution in [0.3, 0.4) is 0 Å². The molecule has 1 aliphatic carbocycles. The van der Waals surface area contributed by atoms with Gasteiger partial charge in [-0.3, -0.25) is 14.5 Å². The van der Waals surface area contributed by atoms with Crippen LogP contribution >= 0.6 is 11.3 Å². The predicted molar refractivity (Wildman–Crippen MR) is 104 cm³/mol. The van der Waals surface area contributed by atoms with Crippen molar-refractivity contribution >= 4 is 40.2 Å². The van der Waals surface area contributed by atoms with E-state index in [1.165, 1.54) is 11.3 Å². The number of anilines is 1. The Bertz CT molecular complexity index is 826. The molecule has 0 bridgehead atoms. The summed E-state index contributed by atoms with van der Waals surface area (Å²) in [6, 6.07) is -0.536. The maximum Gasteiger partial charge on any atom is 0.341 e. The Morgan fingerprint density at radius 3 is 2.54 bits per heavy atom. The van der Waals surface area contributed by atoms with Crippen LogP contribution in [-0.4, -0.2) is 47.4 Å². The molecule has 8 nitrogen and oxygen atoms in total. The Morgan fingerprint density at radius 1 is 1.21 bits per heavy atom. The van der Waals surface area contributed by atoms with Crippen LogP contribution in [0.2, 0.25) is 0 Å². The van der Waals surface area contributed by atoms with Crippen molar-refractivity contribution in [2.45, 2.75) is 58.4 Å². The van der Waals surface area contributed by atoms with Gasteiger partial charge in [0, 0.05) is 4.88 Å². The molecule has 1 aromatic heterocycles. The van der Waals surface area contributed by atoms with Crippen molar-refractivity contribution in [3.63, 3.8) is 0 Å². The summed E-state index contributed by atoms with van der Waals surface area (Å²) in [5.74, 6) is -1.37. The molecular formula is C19H25N3O5S. The third-order valence-electron chi connectivity index (χ3n) is 5.37. The molecule has 2 N–H and O–H groups in total. The van der Waals surface area contributed by atoms with Gasteiger partial charge in [0.2, 0.25) is 5.91 Å². The number of imide groups is 1. The van der Waals surface area contributed by atoms with Gasteiger partial charge in [0.1, 0.15) is 17.1 Å². The van der Waals surface area contributed by atoms with Crippen molar-refractivity contribution in [3.05, 3.63) is 16.0 Å². The average molecular weight is 407 g/mol. The van der Waals surface area contributed by atoms with Gasteiger partial charge < -0.3 is 15.4 Å². The molecule has 3 rings (SSSR count). The van der Waals surface area contributed by atoms with Crippen molar-refractivity contribution in [2.75, 3.05) is 18.5 Å². The molecule has 0 atom stereocenters. The largest absolute Gasteiger partial charge is 0.462 e. The number of carbonyl (C=O) groups is 4. The van der Waals surface area contributed by atoms with Crippen molar-refractivity contribution in [1.29, 1.82) is 0 Å². The van der Waals surface area contributed by atoms with E-state index in [9.17, 15) is 19.2 Å². The molecule has 2 fully saturated rings. The summed E-state index contributed by atoms with van der Waals surface area (Å²) >= 11 is 1.27. The number of esters is 1. The molecule has 2 aliphatic rings. The van der Waals surface area contributed by atoms with Crippen LogP contribution in [0.1, 0.15) is 59.8 Å². The van der Waals surface area contributed by atoms with Crippen molar-refractivity contribution in [1.82, 2.24) is 10.2 Å². The van der Waals surface area contributed by atoms with E-state index in [0.29, 0.717) is 23.4 Å². The monoisotopic (exact) mass is 407 g/mol. The summed E-state index contributed by atoms with van der Waals surface area (Å²) in [5.41, 5.74) is 0.204. The Morgan fingerprint density at radius 2 is 1.89 bits per heavy atom. The van der Waals surface area contributed by atoms with Crippen LogP contribution < -0.4 is 10.6 Å². The second-order valence-corrected chi connectivity index (χ2v) is 8.44. The highest BCUT2D eigenvalue weighted by atomic mass is 32.1. The van der Waals surface area contributed by atoms with Crippen molar-refractivity contribution in [2.24, 2.45) is 0 Å². The molecule has 1 aliphatic heterocycles. The molecule has 0 aromatic carbocycles. The summed E-state index contributed by atoms with van der Waals surface area (Å²) in [6.07, 6.45) is 4.00. The number of nitrogens with zero attached hydrogens (tertiary/aromatic N) is 1. The first-order valence-electron chi connectivity index (χ1n) is 9.50. The van der Waals surface area contributed by atoms with Gasteiger partial charge in [-0.15, -0.1) is 11.3 Å². The standard InChI is InChI=1S/C19H25N3O5S/c1-4-27-16(24)14-11(2)12(3)28-15(14)20-13(23)10-22-17(25)19(21-18(22)26)8-6-5-7-9-19/h4-10H2,1-3H3,(H,20,23)(H,21,26). The summed E-state index contributed by atoms with van der Waals surface area (Å²) in [6.45, 7) is 5.19. The van der Waals surface area contributed by atoms with Crippen molar-refractivity contribution in [3.8, 4) is 0 Å². The van der Waals surface area contributed by atoms with Crippen LogP contribution in [0, 0.1) is 13.8 Å². The fourth-order valence-corrected chi connectivity index (χ4v) is 4.85. The van der Waals surface area contributed by atoms with Gasteiger partial charge >= 0.3 is 12.0 Å². The number of urea groups is 1. The van der Waals surface area contributed by atoms with Gasteiger partial charge in [-0.2, -0.15) is 0 Å².